The lowest BCUT2D eigenvalue weighted by Gasteiger charge is -2.18. The molecule has 0 saturated heterocycles. The number of carbonyl (C=O) groups excluding carboxylic acids is 2. The van der Waals surface area contributed by atoms with E-state index in [1.54, 1.807) is 6.07 Å². The SMILES string of the molecule is O=C(NC(=O)C1CC=CCN1)c1cnc2ccccc2c1. The number of pyridine rings is 1. The van der Waals surface area contributed by atoms with Gasteiger partial charge in [0.15, 0.2) is 0 Å². The number of nitrogens with one attached hydrogen (secondary N) is 2. The summed E-state index contributed by atoms with van der Waals surface area (Å²) in [6.45, 7) is 0.643. The highest BCUT2D eigenvalue weighted by Gasteiger charge is 2.20. The van der Waals surface area contributed by atoms with Gasteiger partial charge in [0.2, 0.25) is 5.91 Å². The predicted molar refractivity (Wildman–Crippen MR) is 79.8 cm³/mol. The van der Waals surface area contributed by atoms with Crippen molar-refractivity contribution in [3.8, 4) is 0 Å². The van der Waals surface area contributed by atoms with Crippen molar-refractivity contribution < 1.29 is 9.59 Å². The van der Waals surface area contributed by atoms with Crippen LogP contribution in [0.1, 0.15) is 16.8 Å². The summed E-state index contributed by atoms with van der Waals surface area (Å²) < 4.78 is 0. The van der Waals surface area contributed by atoms with E-state index in [-0.39, 0.29) is 11.9 Å². The number of hydrogen-bond donors (Lipinski definition) is 2. The van der Waals surface area contributed by atoms with Gasteiger partial charge < -0.3 is 5.32 Å². The Morgan fingerprint density at radius 1 is 1.24 bits per heavy atom. The molecule has 3 rings (SSSR count). The summed E-state index contributed by atoms with van der Waals surface area (Å²) in [7, 11) is 0. The van der Waals surface area contributed by atoms with Gasteiger partial charge in [-0.3, -0.25) is 19.9 Å². The van der Waals surface area contributed by atoms with Crippen LogP contribution in [0.4, 0.5) is 0 Å². The van der Waals surface area contributed by atoms with Crippen molar-refractivity contribution in [1.82, 2.24) is 15.6 Å². The van der Waals surface area contributed by atoms with Crippen LogP contribution in [-0.2, 0) is 4.79 Å². The van der Waals surface area contributed by atoms with Crippen LogP contribution in [0.2, 0.25) is 0 Å². The minimum atomic E-state index is -0.422. The standard InChI is InChI=1S/C16H15N3O2/c20-15(19-16(21)14-7-3-4-8-17-14)12-9-11-5-1-2-6-13(11)18-10-12/h1-6,9-10,14,17H,7-8H2,(H,19,20,21). The third-order valence-electron chi connectivity index (χ3n) is 3.43. The molecule has 0 radical (unpaired) electrons. The quantitative estimate of drug-likeness (QED) is 0.645. The average molecular weight is 281 g/mol. The van der Waals surface area contributed by atoms with Crippen molar-refractivity contribution in [2.45, 2.75) is 12.5 Å². The molecule has 5 heteroatoms. The molecule has 2 aromatic rings. The van der Waals surface area contributed by atoms with E-state index in [1.165, 1.54) is 6.20 Å². The molecule has 5 nitrogen and oxygen atoms in total. The first-order valence-electron chi connectivity index (χ1n) is 6.82. The number of rotatable bonds is 2. The van der Waals surface area contributed by atoms with Gasteiger partial charge >= 0.3 is 0 Å². The second-order valence-electron chi connectivity index (χ2n) is 4.90. The van der Waals surface area contributed by atoms with Crippen molar-refractivity contribution in [3.63, 3.8) is 0 Å². The van der Waals surface area contributed by atoms with E-state index >= 15 is 0 Å². The number of imide groups is 1. The Kier molecular flexibility index (Phi) is 3.75. The minimum absolute atomic E-state index is 0.308. The van der Waals surface area contributed by atoms with Gasteiger partial charge in [0.05, 0.1) is 17.1 Å². The van der Waals surface area contributed by atoms with Crippen LogP contribution >= 0.6 is 0 Å². The Morgan fingerprint density at radius 3 is 2.90 bits per heavy atom. The fraction of sp³-hybridized carbons (Fsp3) is 0.188. The van der Waals surface area contributed by atoms with E-state index in [0.717, 1.165) is 10.9 Å². The first-order valence-corrected chi connectivity index (χ1v) is 6.82. The van der Waals surface area contributed by atoms with Crippen LogP contribution in [0, 0.1) is 0 Å². The molecule has 1 unspecified atom stereocenters. The van der Waals surface area contributed by atoms with Crippen LogP contribution in [-0.4, -0.2) is 29.4 Å². The summed E-state index contributed by atoms with van der Waals surface area (Å²) in [5, 5.41) is 6.33. The number of benzene rings is 1. The highest BCUT2D eigenvalue weighted by Crippen LogP contribution is 2.12. The molecule has 2 N–H and O–H groups in total. The molecule has 0 aliphatic carbocycles. The van der Waals surface area contributed by atoms with Crippen LogP contribution in [0.5, 0.6) is 0 Å². The Bertz CT molecular complexity index is 724. The second kappa shape index (κ2) is 5.85. The van der Waals surface area contributed by atoms with Crippen molar-refractivity contribution in [3.05, 3.63) is 54.2 Å². The van der Waals surface area contributed by atoms with E-state index in [4.69, 9.17) is 0 Å². The van der Waals surface area contributed by atoms with E-state index in [2.05, 4.69) is 15.6 Å². The van der Waals surface area contributed by atoms with Gasteiger partial charge in [-0.15, -0.1) is 0 Å². The zero-order chi connectivity index (χ0) is 14.7. The number of nitrogens with zero attached hydrogens (tertiary/aromatic N) is 1. The van der Waals surface area contributed by atoms with Gasteiger partial charge in [-0.2, -0.15) is 0 Å². The van der Waals surface area contributed by atoms with Crippen LogP contribution < -0.4 is 10.6 Å². The summed E-state index contributed by atoms with van der Waals surface area (Å²) in [5.74, 6) is -0.730. The number of amides is 2. The highest BCUT2D eigenvalue weighted by molar-refractivity contribution is 6.07. The summed E-state index contributed by atoms with van der Waals surface area (Å²) in [6.07, 6.45) is 5.97. The van der Waals surface area contributed by atoms with Crippen LogP contribution in [0.25, 0.3) is 10.9 Å². The lowest BCUT2D eigenvalue weighted by molar-refractivity contribution is -0.122. The maximum atomic E-state index is 12.1. The molecule has 21 heavy (non-hydrogen) atoms. The lowest BCUT2D eigenvalue weighted by Crippen LogP contribution is -2.47. The van der Waals surface area contributed by atoms with Crippen molar-refractivity contribution in [2.24, 2.45) is 0 Å². The smallest absolute Gasteiger partial charge is 0.259 e. The number of hydrogen-bond acceptors (Lipinski definition) is 4. The molecule has 1 aliphatic heterocycles. The van der Waals surface area contributed by atoms with E-state index < -0.39 is 5.91 Å². The summed E-state index contributed by atoms with van der Waals surface area (Å²) in [5.41, 5.74) is 1.20. The lowest BCUT2D eigenvalue weighted by atomic mass is 10.1. The zero-order valence-corrected chi connectivity index (χ0v) is 11.4. The summed E-state index contributed by atoms with van der Waals surface area (Å²) in [4.78, 5) is 28.3. The molecule has 2 amide bonds. The number of fused-ring (bicyclic) bond motifs is 1. The Labute approximate surface area is 122 Å². The average Bonchev–Trinajstić information content (AvgIpc) is 2.55. The topological polar surface area (TPSA) is 71.1 Å². The molecule has 1 aliphatic rings. The molecule has 0 saturated carbocycles. The molecule has 106 valence electrons. The third kappa shape index (κ3) is 2.98. The highest BCUT2D eigenvalue weighted by atomic mass is 16.2. The fourth-order valence-electron chi connectivity index (χ4n) is 2.28. The Hall–Kier alpha value is -2.53. The fourth-order valence-corrected chi connectivity index (χ4v) is 2.28. The van der Waals surface area contributed by atoms with E-state index in [9.17, 15) is 9.59 Å². The maximum absolute atomic E-state index is 12.1. The van der Waals surface area contributed by atoms with Crippen molar-refractivity contribution >= 4 is 22.7 Å². The Balaban J connectivity index is 1.74. The van der Waals surface area contributed by atoms with Gasteiger partial charge in [0, 0.05) is 18.1 Å². The molecule has 1 aromatic carbocycles. The van der Waals surface area contributed by atoms with Gasteiger partial charge in [-0.1, -0.05) is 30.4 Å². The predicted octanol–water partition coefficient (Wildman–Crippen LogP) is 1.41. The van der Waals surface area contributed by atoms with Gasteiger partial charge in [-0.25, -0.2) is 0 Å². The largest absolute Gasteiger partial charge is 0.302 e. The first-order chi connectivity index (χ1) is 10.2. The van der Waals surface area contributed by atoms with Crippen molar-refractivity contribution in [1.29, 1.82) is 0 Å². The van der Waals surface area contributed by atoms with Gasteiger partial charge in [0.25, 0.3) is 5.91 Å². The molecule has 2 heterocycles. The van der Waals surface area contributed by atoms with Gasteiger partial charge in [-0.05, 0) is 18.6 Å². The van der Waals surface area contributed by atoms with E-state index in [0.29, 0.717) is 18.5 Å². The summed E-state index contributed by atoms with van der Waals surface area (Å²) in [6, 6.07) is 8.91. The molecule has 1 atom stereocenters. The second-order valence-corrected chi connectivity index (χ2v) is 4.90. The molecule has 0 spiro atoms. The molecular formula is C16H15N3O2. The van der Waals surface area contributed by atoms with Crippen molar-refractivity contribution in [2.75, 3.05) is 6.54 Å². The summed E-state index contributed by atoms with van der Waals surface area (Å²) >= 11 is 0. The molecule has 1 aromatic heterocycles. The van der Waals surface area contributed by atoms with Crippen LogP contribution in [0.3, 0.4) is 0 Å². The Morgan fingerprint density at radius 2 is 2.10 bits per heavy atom. The minimum Gasteiger partial charge on any atom is -0.302 e. The zero-order valence-electron chi connectivity index (χ0n) is 11.4. The van der Waals surface area contributed by atoms with Gasteiger partial charge in [0.1, 0.15) is 0 Å². The normalized spacial score (nSPS) is 17.6. The first kappa shape index (κ1) is 13.5. The number of aromatic nitrogens is 1. The molecule has 0 fully saturated rings. The molecule has 0 bridgehead atoms. The monoisotopic (exact) mass is 281 g/mol. The number of para-hydroxylation sites is 1. The van der Waals surface area contributed by atoms with Crippen LogP contribution in [0.15, 0.2) is 48.7 Å². The maximum Gasteiger partial charge on any atom is 0.259 e. The number of carbonyl (C=O) groups is 2. The molecular weight excluding hydrogens is 266 g/mol. The van der Waals surface area contributed by atoms with E-state index in [1.807, 2.05) is 36.4 Å². The third-order valence-corrected chi connectivity index (χ3v) is 3.43.